The average molecular weight is 376 g/mol. The highest BCUT2D eigenvalue weighted by Gasteiger charge is 2.34. The van der Waals surface area contributed by atoms with Crippen molar-refractivity contribution in [3.8, 4) is 0 Å². The number of carbonyl (C=O) groups excluding carboxylic acids is 2. The number of benzene rings is 1. The second-order valence-electron chi connectivity index (χ2n) is 6.49. The zero-order valence-corrected chi connectivity index (χ0v) is 15.4. The van der Waals surface area contributed by atoms with Gasteiger partial charge in [0.25, 0.3) is 0 Å². The summed E-state index contributed by atoms with van der Waals surface area (Å²) >= 11 is 0. The van der Waals surface area contributed by atoms with Crippen molar-refractivity contribution in [2.24, 2.45) is 5.92 Å². The van der Waals surface area contributed by atoms with Gasteiger partial charge in [0.15, 0.2) is 9.84 Å². The molecular formula is C18H20N2O5S. The Morgan fingerprint density at radius 1 is 1.35 bits per heavy atom. The van der Waals surface area contributed by atoms with Crippen LogP contribution in [0.3, 0.4) is 0 Å². The highest BCUT2D eigenvalue weighted by atomic mass is 32.2. The number of nitrogens with one attached hydrogen (secondary N) is 1. The Balaban J connectivity index is 1.70. The predicted molar refractivity (Wildman–Crippen MR) is 95.2 cm³/mol. The van der Waals surface area contributed by atoms with E-state index in [1.807, 2.05) is 0 Å². The van der Waals surface area contributed by atoms with Crippen LogP contribution in [0.4, 0.5) is 5.69 Å². The first kappa shape index (κ1) is 18.2. The van der Waals surface area contributed by atoms with Crippen LogP contribution in [-0.4, -0.2) is 37.9 Å². The standard InChI is InChI=1S/C18H20N2O5S/c1-12-5-6-15(26(2,23)24)9-16(12)19-18(22)13-8-17(21)20(10-13)11-14-4-3-7-25-14/h3-7,9,13H,8,10-11H2,1-2H3,(H,19,22). The number of carbonyl (C=O) groups is 2. The zero-order chi connectivity index (χ0) is 18.9. The molecule has 0 radical (unpaired) electrons. The highest BCUT2D eigenvalue weighted by Crippen LogP contribution is 2.24. The van der Waals surface area contributed by atoms with Gasteiger partial charge in [-0.15, -0.1) is 0 Å². The van der Waals surface area contributed by atoms with E-state index in [4.69, 9.17) is 4.42 Å². The summed E-state index contributed by atoms with van der Waals surface area (Å²) in [7, 11) is -3.37. The number of sulfone groups is 1. The fourth-order valence-corrected chi connectivity index (χ4v) is 3.54. The molecule has 0 saturated carbocycles. The van der Waals surface area contributed by atoms with E-state index >= 15 is 0 Å². The molecule has 3 rings (SSSR count). The lowest BCUT2D eigenvalue weighted by molar-refractivity contribution is -0.128. The molecule has 1 unspecified atom stereocenters. The number of anilines is 1. The van der Waals surface area contributed by atoms with E-state index in [2.05, 4.69) is 5.32 Å². The summed E-state index contributed by atoms with van der Waals surface area (Å²) in [4.78, 5) is 26.4. The predicted octanol–water partition coefficient (Wildman–Crippen LogP) is 1.98. The summed E-state index contributed by atoms with van der Waals surface area (Å²) < 4.78 is 28.7. The Morgan fingerprint density at radius 2 is 2.12 bits per heavy atom. The van der Waals surface area contributed by atoms with Crippen LogP contribution in [0.2, 0.25) is 0 Å². The molecule has 0 spiro atoms. The first-order chi connectivity index (χ1) is 12.2. The molecule has 7 nitrogen and oxygen atoms in total. The molecule has 1 N–H and O–H groups in total. The maximum absolute atomic E-state index is 12.6. The van der Waals surface area contributed by atoms with Crippen LogP contribution >= 0.6 is 0 Å². The Bertz CT molecular complexity index is 934. The molecule has 8 heteroatoms. The Hall–Kier alpha value is -2.61. The van der Waals surface area contributed by atoms with Crippen LogP contribution in [0.5, 0.6) is 0 Å². The first-order valence-corrected chi connectivity index (χ1v) is 10.0. The molecule has 2 aromatic rings. The van der Waals surface area contributed by atoms with Crippen LogP contribution in [0.1, 0.15) is 17.7 Å². The third-order valence-electron chi connectivity index (χ3n) is 4.41. The second kappa shape index (κ2) is 6.95. The number of furan rings is 1. The minimum absolute atomic E-state index is 0.108. The molecule has 1 fully saturated rings. The van der Waals surface area contributed by atoms with E-state index in [0.29, 0.717) is 24.5 Å². The van der Waals surface area contributed by atoms with Crippen LogP contribution < -0.4 is 5.32 Å². The molecule has 26 heavy (non-hydrogen) atoms. The van der Waals surface area contributed by atoms with Crippen molar-refractivity contribution in [3.63, 3.8) is 0 Å². The Kier molecular flexibility index (Phi) is 4.86. The van der Waals surface area contributed by atoms with Gasteiger partial charge in [0.1, 0.15) is 5.76 Å². The SMILES string of the molecule is Cc1ccc(S(C)(=O)=O)cc1NC(=O)C1CC(=O)N(Cc2ccco2)C1. The van der Waals surface area contributed by atoms with Gasteiger partial charge in [-0.25, -0.2) is 8.42 Å². The number of hydrogen-bond donors (Lipinski definition) is 1. The van der Waals surface area contributed by atoms with E-state index in [9.17, 15) is 18.0 Å². The van der Waals surface area contributed by atoms with Crippen molar-refractivity contribution < 1.29 is 22.4 Å². The van der Waals surface area contributed by atoms with Crippen LogP contribution in [0.25, 0.3) is 0 Å². The fourth-order valence-electron chi connectivity index (χ4n) is 2.89. The van der Waals surface area contributed by atoms with Gasteiger partial charge in [0.05, 0.1) is 23.6 Å². The lowest BCUT2D eigenvalue weighted by atomic mass is 10.1. The van der Waals surface area contributed by atoms with Gasteiger partial charge in [-0.2, -0.15) is 0 Å². The quantitative estimate of drug-likeness (QED) is 0.861. The normalized spacial score (nSPS) is 17.5. The van der Waals surface area contributed by atoms with Crippen molar-refractivity contribution >= 4 is 27.3 Å². The van der Waals surface area contributed by atoms with Crippen LogP contribution in [0.15, 0.2) is 45.9 Å². The minimum Gasteiger partial charge on any atom is -0.467 e. The molecule has 1 saturated heterocycles. The summed E-state index contributed by atoms with van der Waals surface area (Å²) in [5.74, 6) is -0.230. The number of amides is 2. The van der Waals surface area contributed by atoms with Crippen molar-refractivity contribution in [2.75, 3.05) is 18.1 Å². The summed E-state index contributed by atoms with van der Waals surface area (Å²) in [6, 6.07) is 8.12. The van der Waals surface area contributed by atoms with Gasteiger partial charge in [0, 0.05) is 24.9 Å². The second-order valence-corrected chi connectivity index (χ2v) is 8.51. The van der Waals surface area contributed by atoms with E-state index < -0.39 is 15.8 Å². The van der Waals surface area contributed by atoms with Gasteiger partial charge >= 0.3 is 0 Å². The molecule has 1 aliphatic heterocycles. The summed E-state index contributed by atoms with van der Waals surface area (Å²) in [6.45, 7) is 2.42. The van der Waals surface area contributed by atoms with Crippen LogP contribution in [-0.2, 0) is 26.0 Å². The molecule has 138 valence electrons. The topological polar surface area (TPSA) is 96.7 Å². The Morgan fingerprint density at radius 3 is 2.77 bits per heavy atom. The largest absolute Gasteiger partial charge is 0.467 e. The molecule has 1 aliphatic rings. The van der Waals surface area contributed by atoms with Crippen molar-refractivity contribution in [1.82, 2.24) is 4.90 Å². The first-order valence-electron chi connectivity index (χ1n) is 8.16. The fraction of sp³-hybridized carbons (Fsp3) is 0.333. The monoisotopic (exact) mass is 376 g/mol. The van der Waals surface area contributed by atoms with Gasteiger partial charge in [-0.05, 0) is 36.8 Å². The van der Waals surface area contributed by atoms with Crippen molar-refractivity contribution in [1.29, 1.82) is 0 Å². The number of nitrogens with zero attached hydrogens (tertiary/aromatic N) is 1. The zero-order valence-electron chi connectivity index (χ0n) is 14.6. The summed E-state index contributed by atoms with van der Waals surface area (Å²) in [5.41, 5.74) is 1.19. The van der Waals surface area contributed by atoms with E-state index in [-0.39, 0.29) is 23.1 Å². The lowest BCUT2D eigenvalue weighted by Gasteiger charge is -2.16. The molecule has 1 atom stereocenters. The maximum Gasteiger partial charge on any atom is 0.229 e. The molecule has 2 amide bonds. The molecule has 1 aromatic heterocycles. The molecular weight excluding hydrogens is 356 g/mol. The van der Waals surface area contributed by atoms with Crippen molar-refractivity contribution in [3.05, 3.63) is 47.9 Å². The third kappa shape index (κ3) is 3.96. The summed E-state index contributed by atoms with van der Waals surface area (Å²) in [6.07, 6.45) is 2.78. The van der Waals surface area contributed by atoms with Gasteiger partial charge < -0.3 is 14.6 Å². The van der Waals surface area contributed by atoms with Gasteiger partial charge in [-0.3, -0.25) is 9.59 Å². The summed E-state index contributed by atoms with van der Waals surface area (Å²) in [5, 5.41) is 2.76. The van der Waals surface area contributed by atoms with Gasteiger partial charge in [0.2, 0.25) is 11.8 Å². The van der Waals surface area contributed by atoms with E-state index in [1.54, 1.807) is 30.0 Å². The smallest absolute Gasteiger partial charge is 0.229 e. The average Bonchev–Trinajstić information content (AvgIpc) is 3.19. The number of hydrogen-bond acceptors (Lipinski definition) is 5. The highest BCUT2D eigenvalue weighted by molar-refractivity contribution is 7.90. The Labute approximate surface area is 151 Å². The third-order valence-corrected chi connectivity index (χ3v) is 5.52. The molecule has 0 bridgehead atoms. The van der Waals surface area contributed by atoms with E-state index in [1.165, 1.54) is 18.4 Å². The van der Waals surface area contributed by atoms with Crippen molar-refractivity contribution in [2.45, 2.75) is 24.8 Å². The van der Waals surface area contributed by atoms with Crippen LogP contribution in [0, 0.1) is 12.8 Å². The number of rotatable bonds is 5. The maximum atomic E-state index is 12.6. The number of likely N-dealkylation sites (tertiary alicyclic amines) is 1. The molecule has 2 heterocycles. The lowest BCUT2D eigenvalue weighted by Crippen LogP contribution is -2.28. The molecule has 1 aromatic carbocycles. The number of aryl methyl sites for hydroxylation is 1. The van der Waals surface area contributed by atoms with Gasteiger partial charge in [-0.1, -0.05) is 6.07 Å². The minimum atomic E-state index is -3.37. The molecule has 0 aliphatic carbocycles. The van der Waals surface area contributed by atoms with E-state index in [0.717, 1.165) is 11.8 Å².